The quantitative estimate of drug-likeness (QED) is 0.255. The van der Waals surface area contributed by atoms with Crippen LogP contribution in [0.2, 0.25) is 0 Å². The maximum atomic E-state index is 13.0. The molecule has 2 aliphatic heterocycles. The third kappa shape index (κ3) is 5.66. The Kier molecular flexibility index (Phi) is 7.88. The van der Waals surface area contributed by atoms with Gasteiger partial charge in [-0.25, -0.2) is 14.8 Å². The van der Waals surface area contributed by atoms with Crippen LogP contribution in [0.4, 0.5) is 11.6 Å². The van der Waals surface area contributed by atoms with Gasteiger partial charge in [-0.1, -0.05) is 29.8 Å². The molecule has 4 heterocycles. The Labute approximate surface area is 259 Å². The summed E-state index contributed by atoms with van der Waals surface area (Å²) >= 11 is 0. The maximum absolute atomic E-state index is 13.0. The summed E-state index contributed by atoms with van der Waals surface area (Å²) in [7, 11) is 2.14. The highest BCUT2D eigenvalue weighted by molar-refractivity contribution is 6.08. The lowest BCUT2D eigenvalue weighted by Gasteiger charge is -2.35. The minimum Gasteiger partial charge on any atom is -0.487 e. The molecule has 9 nitrogen and oxygen atoms in total. The smallest absolute Gasteiger partial charge is 0.337 e. The number of ether oxygens (including phenoxy) is 2. The van der Waals surface area contributed by atoms with Gasteiger partial charge in [-0.3, -0.25) is 0 Å². The Morgan fingerprint density at radius 2 is 1.66 bits per heavy atom. The maximum Gasteiger partial charge on any atom is 0.337 e. The number of rotatable bonds is 7. The molecule has 1 atom stereocenters. The van der Waals surface area contributed by atoms with Crippen molar-refractivity contribution in [3.05, 3.63) is 65.1 Å². The van der Waals surface area contributed by atoms with E-state index < -0.39 is 17.7 Å². The number of benzene rings is 2. The summed E-state index contributed by atoms with van der Waals surface area (Å²) in [5.41, 5.74) is 6.91. The predicted molar refractivity (Wildman–Crippen MR) is 173 cm³/mol. The fourth-order valence-electron chi connectivity index (χ4n) is 6.64. The van der Waals surface area contributed by atoms with Crippen LogP contribution >= 0.6 is 0 Å². The molecule has 2 aromatic carbocycles. The highest BCUT2D eigenvalue weighted by Gasteiger charge is 2.36. The van der Waals surface area contributed by atoms with Gasteiger partial charge >= 0.3 is 5.97 Å². The molecule has 2 aliphatic rings. The van der Waals surface area contributed by atoms with Crippen molar-refractivity contribution >= 4 is 28.5 Å². The molecule has 0 spiro atoms. The number of carbonyl (C=O) groups is 1. The second-order valence-corrected chi connectivity index (χ2v) is 13.3. The van der Waals surface area contributed by atoms with Crippen molar-refractivity contribution in [1.29, 1.82) is 0 Å². The first-order valence-electron chi connectivity index (χ1n) is 15.5. The van der Waals surface area contributed by atoms with Crippen molar-refractivity contribution in [2.75, 3.05) is 31.6 Å². The predicted octanol–water partition coefficient (Wildman–Crippen LogP) is 6.59. The van der Waals surface area contributed by atoms with E-state index in [1.54, 1.807) is 12.4 Å². The molecular formula is C35H43N5O4. The topological polar surface area (TPSA) is 93.0 Å². The van der Waals surface area contributed by atoms with Gasteiger partial charge in [0.05, 0.1) is 29.2 Å². The lowest BCUT2D eigenvalue weighted by atomic mass is 9.87. The van der Waals surface area contributed by atoms with Gasteiger partial charge in [0.2, 0.25) is 5.95 Å². The van der Waals surface area contributed by atoms with Crippen molar-refractivity contribution in [3.63, 3.8) is 0 Å². The van der Waals surface area contributed by atoms with Gasteiger partial charge in [-0.15, -0.1) is 0 Å². The first kappa shape index (κ1) is 30.1. The molecular weight excluding hydrogens is 554 g/mol. The van der Waals surface area contributed by atoms with E-state index in [0.717, 1.165) is 77.0 Å². The van der Waals surface area contributed by atoms with Crippen LogP contribution in [-0.4, -0.2) is 68.9 Å². The second kappa shape index (κ2) is 11.5. The second-order valence-electron chi connectivity index (χ2n) is 13.3. The van der Waals surface area contributed by atoms with Crippen molar-refractivity contribution < 1.29 is 19.4 Å². The van der Waals surface area contributed by atoms with Gasteiger partial charge in [0.25, 0.3) is 0 Å². The van der Waals surface area contributed by atoms with Crippen LogP contribution in [0, 0.1) is 20.8 Å². The molecule has 0 aliphatic carbocycles. The molecule has 44 heavy (non-hydrogen) atoms. The van der Waals surface area contributed by atoms with Crippen LogP contribution in [-0.2, 0) is 16.1 Å². The standard InChI is InChI=1S/C35H43N5O4/c1-21-8-10-24(11-9-21)29-27-18-22(2)39-16-17-40(34-36-19-26(20-37-34)43-25-12-14-38(7)15-13-25)30(31(27)39)23(3)28(29)32(33(41)42)44-35(4,5)6/h8-11,18-20,25,32H,12-17H2,1-7H3,(H,41,42)/t32-/m0/s1. The highest BCUT2D eigenvalue weighted by Crippen LogP contribution is 2.49. The Bertz CT molecular complexity index is 1680. The number of hydrogen-bond donors (Lipinski definition) is 1. The SMILES string of the molecule is Cc1ccc(-c2c([C@H](OC(C)(C)C)C(=O)O)c(C)c3c4c2cc(C)n4CCN3c2ncc(OC3CCN(C)CC3)cn2)cc1. The van der Waals surface area contributed by atoms with Crippen molar-refractivity contribution in [2.45, 2.75) is 78.7 Å². The minimum atomic E-state index is -1.18. The van der Waals surface area contributed by atoms with Gasteiger partial charge in [0.1, 0.15) is 6.10 Å². The number of piperidine rings is 1. The van der Waals surface area contributed by atoms with Gasteiger partial charge < -0.3 is 28.9 Å². The van der Waals surface area contributed by atoms with Gasteiger partial charge in [0.15, 0.2) is 11.9 Å². The third-order valence-electron chi connectivity index (χ3n) is 8.77. The lowest BCUT2D eigenvalue weighted by Crippen LogP contribution is -2.35. The van der Waals surface area contributed by atoms with Crippen LogP contribution in [0.25, 0.3) is 22.0 Å². The molecule has 4 aromatic rings. The number of aromatic nitrogens is 3. The molecule has 0 radical (unpaired) electrons. The zero-order valence-electron chi connectivity index (χ0n) is 26.8. The number of anilines is 2. The van der Waals surface area contributed by atoms with E-state index in [9.17, 15) is 9.90 Å². The molecule has 232 valence electrons. The van der Waals surface area contributed by atoms with Crippen molar-refractivity contribution in [2.24, 2.45) is 0 Å². The van der Waals surface area contributed by atoms with E-state index in [0.29, 0.717) is 23.8 Å². The monoisotopic (exact) mass is 597 g/mol. The molecule has 1 saturated heterocycles. The minimum absolute atomic E-state index is 0.163. The molecule has 6 rings (SSSR count). The molecule has 0 saturated carbocycles. The van der Waals surface area contributed by atoms with Crippen LogP contribution in [0.3, 0.4) is 0 Å². The van der Waals surface area contributed by atoms with Gasteiger partial charge in [-0.05, 0) is 84.2 Å². The molecule has 0 amide bonds. The molecule has 9 heteroatoms. The van der Waals surface area contributed by atoms with E-state index in [1.165, 1.54) is 0 Å². The molecule has 2 aromatic heterocycles. The summed E-state index contributed by atoms with van der Waals surface area (Å²) in [6, 6.07) is 10.5. The lowest BCUT2D eigenvalue weighted by molar-refractivity contribution is -0.160. The average molecular weight is 598 g/mol. The number of aryl methyl sites for hydroxylation is 2. The van der Waals surface area contributed by atoms with Crippen molar-refractivity contribution in [3.8, 4) is 16.9 Å². The van der Waals surface area contributed by atoms with E-state index in [1.807, 2.05) is 27.7 Å². The summed E-state index contributed by atoms with van der Waals surface area (Å²) in [5, 5.41) is 11.6. The van der Waals surface area contributed by atoms with Crippen LogP contribution in [0.1, 0.15) is 62.1 Å². The summed E-state index contributed by atoms with van der Waals surface area (Å²) < 4.78 is 14.9. The van der Waals surface area contributed by atoms with Crippen LogP contribution in [0.15, 0.2) is 42.7 Å². The van der Waals surface area contributed by atoms with E-state index in [4.69, 9.17) is 19.4 Å². The number of nitrogens with zero attached hydrogens (tertiary/aromatic N) is 5. The summed E-state index contributed by atoms with van der Waals surface area (Å²) in [5.74, 6) is 0.210. The zero-order valence-corrected chi connectivity index (χ0v) is 26.8. The highest BCUT2D eigenvalue weighted by atomic mass is 16.5. The normalized spacial score (nSPS) is 16.8. The molecule has 1 N–H and O–H groups in total. The summed E-state index contributed by atoms with van der Waals surface area (Å²) in [6.45, 7) is 15.3. The summed E-state index contributed by atoms with van der Waals surface area (Å²) in [4.78, 5) is 27.0. The zero-order chi connectivity index (χ0) is 31.3. The number of likely N-dealkylation sites (tertiary alicyclic amines) is 1. The number of aliphatic carboxylic acids is 1. The number of carboxylic acids is 1. The first-order chi connectivity index (χ1) is 20.9. The van der Waals surface area contributed by atoms with Gasteiger partial charge in [-0.2, -0.15) is 0 Å². The molecule has 1 fully saturated rings. The fraction of sp³-hybridized carbons (Fsp3) is 0.457. The summed E-state index contributed by atoms with van der Waals surface area (Å²) in [6.07, 6.45) is 4.47. The Balaban J connectivity index is 1.51. The Morgan fingerprint density at radius 1 is 1.00 bits per heavy atom. The van der Waals surface area contributed by atoms with Crippen LogP contribution in [0.5, 0.6) is 5.75 Å². The molecule has 0 bridgehead atoms. The van der Waals surface area contributed by atoms with Crippen LogP contribution < -0.4 is 9.64 Å². The van der Waals surface area contributed by atoms with E-state index in [-0.39, 0.29) is 6.10 Å². The molecule has 0 unspecified atom stereocenters. The average Bonchev–Trinajstić information content (AvgIpc) is 3.31. The van der Waals surface area contributed by atoms with Crippen molar-refractivity contribution in [1.82, 2.24) is 19.4 Å². The number of hydrogen-bond acceptors (Lipinski definition) is 7. The first-order valence-corrected chi connectivity index (χ1v) is 15.5. The Hall–Kier alpha value is -3.95. The largest absolute Gasteiger partial charge is 0.487 e. The van der Waals surface area contributed by atoms with E-state index >= 15 is 0 Å². The van der Waals surface area contributed by atoms with E-state index in [2.05, 4.69) is 65.6 Å². The van der Waals surface area contributed by atoms with Gasteiger partial charge in [0, 0.05) is 42.8 Å². The Morgan fingerprint density at radius 3 is 2.27 bits per heavy atom. The number of carboxylic acid groups (broad SMARTS) is 1. The third-order valence-corrected chi connectivity index (χ3v) is 8.77. The fourth-order valence-corrected chi connectivity index (χ4v) is 6.64.